The summed E-state index contributed by atoms with van der Waals surface area (Å²) in [5, 5.41) is 2.97. The lowest BCUT2D eigenvalue weighted by Crippen LogP contribution is -3.14. The molecule has 0 atom stereocenters. The van der Waals surface area contributed by atoms with Crippen LogP contribution < -0.4 is 15.1 Å². The molecule has 0 radical (unpaired) electrons. The first-order valence-corrected chi connectivity index (χ1v) is 10.9. The Morgan fingerprint density at radius 3 is 2.42 bits per heavy atom. The van der Waals surface area contributed by atoms with Crippen molar-refractivity contribution in [1.29, 1.82) is 0 Å². The van der Waals surface area contributed by atoms with Gasteiger partial charge < -0.3 is 20.0 Å². The van der Waals surface area contributed by atoms with E-state index >= 15 is 0 Å². The highest BCUT2D eigenvalue weighted by Gasteiger charge is 2.19. The first-order valence-electron chi connectivity index (χ1n) is 9.56. The zero-order chi connectivity index (χ0) is 18.4. The maximum absolute atomic E-state index is 12.2. The van der Waals surface area contributed by atoms with Crippen LogP contribution in [0.4, 0.5) is 11.4 Å². The molecule has 26 heavy (non-hydrogen) atoms. The maximum atomic E-state index is 12.2. The number of hydrogen-bond donors (Lipinski definition) is 2. The number of nitrogens with one attached hydrogen (secondary N) is 2. The Labute approximate surface area is 166 Å². The van der Waals surface area contributed by atoms with E-state index in [0.717, 1.165) is 36.2 Å². The van der Waals surface area contributed by atoms with Crippen molar-refractivity contribution in [3.8, 4) is 0 Å². The van der Waals surface area contributed by atoms with Crippen LogP contribution in [0.2, 0.25) is 0 Å². The second-order valence-electron chi connectivity index (χ2n) is 6.93. The Morgan fingerprint density at radius 1 is 1.15 bits per heavy atom. The first-order chi connectivity index (χ1) is 12.7. The SMILES string of the molecule is CC[NH+]1CCN(c2ccc(NC(=O)CSC(=S)N3CCCC3)cc2)CC1. The second-order valence-corrected chi connectivity index (χ2v) is 8.54. The highest BCUT2D eigenvalue weighted by molar-refractivity contribution is 8.23. The smallest absolute Gasteiger partial charge is 0.234 e. The summed E-state index contributed by atoms with van der Waals surface area (Å²) in [5.74, 6) is 0.378. The van der Waals surface area contributed by atoms with E-state index in [4.69, 9.17) is 12.2 Å². The fraction of sp³-hybridized carbons (Fsp3) is 0.579. The molecular weight excluding hydrogens is 364 g/mol. The van der Waals surface area contributed by atoms with Gasteiger partial charge in [-0.2, -0.15) is 0 Å². The van der Waals surface area contributed by atoms with Crippen LogP contribution in [0.3, 0.4) is 0 Å². The number of anilines is 2. The standard InChI is InChI=1S/C19H28N4OS2/c1-2-21-11-13-22(14-12-21)17-7-5-16(6-8-17)20-18(24)15-26-19(25)23-9-3-4-10-23/h5-8H,2-4,9-15H2,1H3,(H,20,24)/p+1. The van der Waals surface area contributed by atoms with Crippen molar-refractivity contribution >= 4 is 45.6 Å². The lowest BCUT2D eigenvalue weighted by Gasteiger charge is -2.33. The Bertz CT molecular complexity index is 608. The summed E-state index contributed by atoms with van der Waals surface area (Å²) in [6.45, 7) is 10.1. The van der Waals surface area contributed by atoms with Crippen molar-refractivity contribution in [3.63, 3.8) is 0 Å². The molecule has 1 aromatic rings. The van der Waals surface area contributed by atoms with Crippen molar-refractivity contribution in [3.05, 3.63) is 24.3 Å². The van der Waals surface area contributed by atoms with Crippen molar-refractivity contribution in [2.24, 2.45) is 0 Å². The Kier molecular flexibility index (Phi) is 7.16. The third-order valence-electron chi connectivity index (χ3n) is 5.18. The van der Waals surface area contributed by atoms with Crippen molar-refractivity contribution < 1.29 is 9.69 Å². The van der Waals surface area contributed by atoms with Gasteiger partial charge in [-0.15, -0.1) is 0 Å². The molecular formula is C19H29N4OS2+. The third-order valence-corrected chi connectivity index (χ3v) is 6.70. The molecule has 142 valence electrons. The minimum atomic E-state index is 0.00413. The van der Waals surface area contributed by atoms with Crippen LogP contribution in [-0.2, 0) is 4.79 Å². The second kappa shape index (κ2) is 9.58. The molecule has 3 rings (SSSR count). The molecule has 2 saturated heterocycles. The van der Waals surface area contributed by atoms with Crippen LogP contribution in [0.15, 0.2) is 24.3 Å². The summed E-state index contributed by atoms with van der Waals surface area (Å²) in [6.07, 6.45) is 2.40. The van der Waals surface area contributed by atoms with Gasteiger partial charge in [0.1, 0.15) is 4.32 Å². The molecule has 7 heteroatoms. The number of quaternary nitrogens is 1. The van der Waals surface area contributed by atoms with E-state index in [1.54, 1.807) is 4.90 Å². The zero-order valence-electron chi connectivity index (χ0n) is 15.5. The van der Waals surface area contributed by atoms with Crippen molar-refractivity contribution in [2.45, 2.75) is 19.8 Å². The molecule has 2 aliphatic heterocycles. The lowest BCUT2D eigenvalue weighted by atomic mass is 10.2. The largest absolute Gasteiger partial charge is 0.360 e. The predicted molar refractivity (Wildman–Crippen MR) is 114 cm³/mol. The van der Waals surface area contributed by atoms with E-state index < -0.39 is 0 Å². The van der Waals surface area contributed by atoms with Gasteiger partial charge in [0.15, 0.2) is 0 Å². The van der Waals surface area contributed by atoms with Crippen LogP contribution >= 0.6 is 24.0 Å². The molecule has 2 N–H and O–H groups in total. The topological polar surface area (TPSA) is 40.0 Å². The molecule has 0 spiro atoms. The van der Waals surface area contributed by atoms with E-state index in [1.165, 1.54) is 49.9 Å². The minimum Gasteiger partial charge on any atom is -0.360 e. The van der Waals surface area contributed by atoms with Crippen LogP contribution in [-0.4, -0.2) is 66.7 Å². The van der Waals surface area contributed by atoms with Gasteiger partial charge in [-0.25, -0.2) is 0 Å². The number of hydrogen-bond acceptors (Lipinski definition) is 4. The summed E-state index contributed by atoms with van der Waals surface area (Å²) >= 11 is 6.87. The quantitative estimate of drug-likeness (QED) is 0.742. The summed E-state index contributed by atoms with van der Waals surface area (Å²) in [7, 11) is 0. The molecule has 0 unspecified atom stereocenters. The molecule has 1 aromatic carbocycles. The fourth-order valence-corrected chi connectivity index (χ4v) is 4.56. The number of thiocarbonyl (C=S) groups is 1. The molecule has 0 bridgehead atoms. The molecule has 0 saturated carbocycles. The molecule has 5 nitrogen and oxygen atoms in total. The van der Waals surface area contributed by atoms with Gasteiger partial charge in [-0.05, 0) is 44.0 Å². The molecule has 1 amide bonds. The van der Waals surface area contributed by atoms with Crippen molar-refractivity contribution in [1.82, 2.24) is 4.90 Å². The van der Waals surface area contributed by atoms with Crippen LogP contribution in [0.1, 0.15) is 19.8 Å². The van der Waals surface area contributed by atoms with Gasteiger partial charge in [0.05, 0.1) is 38.5 Å². The number of likely N-dealkylation sites (tertiary alicyclic amines) is 1. The van der Waals surface area contributed by atoms with E-state index in [1.807, 2.05) is 12.1 Å². The van der Waals surface area contributed by atoms with Gasteiger partial charge in [-0.1, -0.05) is 24.0 Å². The average molecular weight is 394 g/mol. The fourth-order valence-electron chi connectivity index (χ4n) is 3.51. The summed E-state index contributed by atoms with van der Waals surface area (Å²) < 4.78 is 0.848. The first kappa shape index (κ1) is 19.5. The Balaban J connectivity index is 1.43. The summed E-state index contributed by atoms with van der Waals surface area (Å²) in [4.78, 5) is 18.5. The number of amides is 1. The van der Waals surface area contributed by atoms with Gasteiger partial charge in [0.25, 0.3) is 0 Å². The summed E-state index contributed by atoms with van der Waals surface area (Å²) in [5.41, 5.74) is 2.09. The zero-order valence-corrected chi connectivity index (χ0v) is 17.1. The normalized spacial score (nSPS) is 18.2. The minimum absolute atomic E-state index is 0.00413. The Morgan fingerprint density at radius 2 is 1.81 bits per heavy atom. The number of rotatable bonds is 5. The van der Waals surface area contributed by atoms with E-state index in [-0.39, 0.29) is 5.91 Å². The molecule has 0 aromatic heterocycles. The van der Waals surface area contributed by atoms with Gasteiger partial charge in [-0.3, -0.25) is 4.79 Å². The monoisotopic (exact) mass is 393 g/mol. The summed E-state index contributed by atoms with van der Waals surface area (Å²) in [6, 6.07) is 8.20. The van der Waals surface area contributed by atoms with E-state index in [9.17, 15) is 4.79 Å². The number of nitrogens with zero attached hydrogens (tertiary/aromatic N) is 2. The number of likely N-dealkylation sites (N-methyl/N-ethyl adjacent to an activating group) is 1. The number of piperazine rings is 1. The van der Waals surface area contributed by atoms with Crippen LogP contribution in [0, 0.1) is 0 Å². The number of benzene rings is 1. The number of carbonyl (C=O) groups excluding carboxylic acids is 1. The van der Waals surface area contributed by atoms with Gasteiger partial charge >= 0.3 is 0 Å². The van der Waals surface area contributed by atoms with Gasteiger partial charge in [0.2, 0.25) is 5.91 Å². The average Bonchev–Trinajstić information content (AvgIpc) is 3.22. The number of thioether (sulfide) groups is 1. The predicted octanol–water partition coefficient (Wildman–Crippen LogP) is 1.46. The van der Waals surface area contributed by atoms with Crippen molar-refractivity contribution in [2.75, 3.05) is 61.8 Å². The Hall–Kier alpha value is -1.31. The van der Waals surface area contributed by atoms with Crippen LogP contribution in [0.5, 0.6) is 0 Å². The molecule has 2 aliphatic rings. The van der Waals surface area contributed by atoms with Gasteiger partial charge in [0, 0.05) is 24.5 Å². The third kappa shape index (κ3) is 5.34. The maximum Gasteiger partial charge on any atom is 0.234 e. The molecule has 0 aliphatic carbocycles. The molecule has 2 heterocycles. The van der Waals surface area contributed by atoms with E-state index in [2.05, 4.69) is 34.2 Å². The van der Waals surface area contributed by atoms with E-state index in [0.29, 0.717) is 5.75 Å². The number of carbonyl (C=O) groups is 1. The van der Waals surface area contributed by atoms with Crippen LogP contribution in [0.25, 0.3) is 0 Å². The highest BCUT2D eigenvalue weighted by atomic mass is 32.2. The highest BCUT2D eigenvalue weighted by Crippen LogP contribution is 2.19. The lowest BCUT2D eigenvalue weighted by molar-refractivity contribution is -0.898. The molecule has 2 fully saturated rings.